The van der Waals surface area contributed by atoms with E-state index in [0.29, 0.717) is 11.5 Å². The fraction of sp³-hybridized carbons (Fsp3) is 0.0667. The van der Waals surface area contributed by atoms with Crippen molar-refractivity contribution in [3.63, 3.8) is 0 Å². The molecular formula is C15H12N4O2. The Labute approximate surface area is 120 Å². The Balaban J connectivity index is 2.27. The summed E-state index contributed by atoms with van der Waals surface area (Å²) in [6, 6.07) is 10.5. The molecule has 0 spiro atoms. The van der Waals surface area contributed by atoms with Crippen LogP contribution in [0.5, 0.6) is 0 Å². The van der Waals surface area contributed by atoms with Crippen LogP contribution >= 0.6 is 0 Å². The lowest BCUT2D eigenvalue weighted by Gasteiger charge is -2.08. The van der Waals surface area contributed by atoms with Crippen molar-refractivity contribution in [2.75, 3.05) is 12.4 Å². The number of benzene rings is 1. The molecule has 104 valence electrons. The molecule has 6 heteroatoms. The summed E-state index contributed by atoms with van der Waals surface area (Å²) < 4.78 is 0. The van der Waals surface area contributed by atoms with E-state index in [0.717, 1.165) is 16.3 Å². The Hall–Kier alpha value is -3.02. The predicted octanol–water partition coefficient (Wildman–Crippen LogP) is 3.25. The van der Waals surface area contributed by atoms with Gasteiger partial charge >= 0.3 is 0 Å². The second kappa shape index (κ2) is 5.16. The third kappa shape index (κ3) is 2.38. The SMILES string of the molecule is CNc1cc([N+](=O)[O-])cc(-c2cccc3cnccc23)n1. The number of nitro groups is 1. The minimum absolute atomic E-state index is 0.00964. The molecule has 2 heterocycles. The quantitative estimate of drug-likeness (QED) is 0.588. The molecule has 0 bridgehead atoms. The maximum atomic E-state index is 11.1. The molecule has 1 N–H and O–H groups in total. The van der Waals surface area contributed by atoms with Crippen molar-refractivity contribution in [2.24, 2.45) is 0 Å². The van der Waals surface area contributed by atoms with Gasteiger partial charge in [0.25, 0.3) is 5.69 Å². The third-order valence-corrected chi connectivity index (χ3v) is 3.23. The van der Waals surface area contributed by atoms with Crippen LogP contribution in [0.2, 0.25) is 0 Å². The van der Waals surface area contributed by atoms with Crippen molar-refractivity contribution in [3.05, 3.63) is 58.9 Å². The lowest BCUT2D eigenvalue weighted by molar-refractivity contribution is -0.384. The highest BCUT2D eigenvalue weighted by Gasteiger charge is 2.13. The largest absolute Gasteiger partial charge is 0.373 e. The molecule has 0 atom stereocenters. The van der Waals surface area contributed by atoms with Crippen LogP contribution in [0.25, 0.3) is 22.0 Å². The molecule has 0 amide bonds. The van der Waals surface area contributed by atoms with Crippen molar-refractivity contribution in [3.8, 4) is 11.3 Å². The molecule has 2 aromatic heterocycles. The van der Waals surface area contributed by atoms with E-state index in [-0.39, 0.29) is 5.69 Å². The number of nitrogens with zero attached hydrogens (tertiary/aromatic N) is 3. The summed E-state index contributed by atoms with van der Waals surface area (Å²) in [5, 5.41) is 15.8. The molecule has 0 aliphatic carbocycles. The van der Waals surface area contributed by atoms with E-state index in [1.807, 2.05) is 24.3 Å². The average molecular weight is 280 g/mol. The molecule has 0 saturated heterocycles. The van der Waals surface area contributed by atoms with E-state index >= 15 is 0 Å². The smallest absolute Gasteiger partial charge is 0.275 e. The molecule has 0 fully saturated rings. The van der Waals surface area contributed by atoms with Crippen LogP contribution in [0.4, 0.5) is 11.5 Å². The first-order valence-electron chi connectivity index (χ1n) is 6.36. The first-order chi connectivity index (χ1) is 10.2. The maximum absolute atomic E-state index is 11.1. The van der Waals surface area contributed by atoms with Gasteiger partial charge in [0.15, 0.2) is 0 Å². The number of fused-ring (bicyclic) bond motifs is 1. The van der Waals surface area contributed by atoms with Gasteiger partial charge in [-0.25, -0.2) is 4.98 Å². The Kier molecular flexibility index (Phi) is 3.19. The predicted molar refractivity (Wildman–Crippen MR) is 81.2 cm³/mol. The van der Waals surface area contributed by atoms with Gasteiger partial charge in [-0.15, -0.1) is 0 Å². The number of hydrogen-bond donors (Lipinski definition) is 1. The van der Waals surface area contributed by atoms with E-state index in [4.69, 9.17) is 0 Å². The van der Waals surface area contributed by atoms with E-state index in [1.165, 1.54) is 12.1 Å². The fourth-order valence-corrected chi connectivity index (χ4v) is 2.23. The van der Waals surface area contributed by atoms with Crippen molar-refractivity contribution in [2.45, 2.75) is 0 Å². The summed E-state index contributed by atoms with van der Waals surface area (Å²) >= 11 is 0. The molecule has 0 aliphatic rings. The molecule has 3 aromatic rings. The molecule has 6 nitrogen and oxygen atoms in total. The maximum Gasteiger partial charge on any atom is 0.275 e. The van der Waals surface area contributed by atoms with Gasteiger partial charge in [0, 0.05) is 36.5 Å². The van der Waals surface area contributed by atoms with Crippen LogP contribution < -0.4 is 5.32 Å². The lowest BCUT2D eigenvalue weighted by Crippen LogP contribution is -1.97. The van der Waals surface area contributed by atoms with Crippen LogP contribution in [-0.2, 0) is 0 Å². The van der Waals surface area contributed by atoms with Gasteiger partial charge in [-0.1, -0.05) is 18.2 Å². The van der Waals surface area contributed by atoms with Crippen molar-refractivity contribution < 1.29 is 4.92 Å². The fourth-order valence-electron chi connectivity index (χ4n) is 2.23. The molecule has 3 rings (SSSR count). The summed E-state index contributed by atoms with van der Waals surface area (Å²) in [4.78, 5) is 19.1. The molecule has 0 aliphatic heterocycles. The number of aromatic nitrogens is 2. The summed E-state index contributed by atoms with van der Waals surface area (Å²) in [6.45, 7) is 0. The number of pyridine rings is 2. The third-order valence-electron chi connectivity index (χ3n) is 3.23. The second-order valence-corrected chi connectivity index (χ2v) is 4.51. The van der Waals surface area contributed by atoms with E-state index in [1.54, 1.807) is 19.4 Å². The van der Waals surface area contributed by atoms with Gasteiger partial charge in [0.05, 0.1) is 16.7 Å². The zero-order valence-electron chi connectivity index (χ0n) is 11.3. The zero-order valence-corrected chi connectivity index (χ0v) is 11.3. The Bertz CT molecular complexity index is 828. The first-order valence-corrected chi connectivity index (χ1v) is 6.36. The molecule has 21 heavy (non-hydrogen) atoms. The van der Waals surface area contributed by atoms with Crippen LogP contribution in [0.3, 0.4) is 0 Å². The minimum atomic E-state index is -0.418. The van der Waals surface area contributed by atoms with E-state index in [9.17, 15) is 10.1 Å². The van der Waals surface area contributed by atoms with Crippen molar-refractivity contribution in [1.82, 2.24) is 9.97 Å². The Morgan fingerprint density at radius 3 is 2.86 bits per heavy atom. The van der Waals surface area contributed by atoms with Gasteiger partial charge < -0.3 is 5.32 Å². The highest BCUT2D eigenvalue weighted by Crippen LogP contribution is 2.30. The monoisotopic (exact) mass is 280 g/mol. The summed E-state index contributed by atoms with van der Waals surface area (Å²) in [5.74, 6) is 0.463. The van der Waals surface area contributed by atoms with Crippen LogP contribution in [0.15, 0.2) is 48.8 Å². The van der Waals surface area contributed by atoms with Crippen molar-refractivity contribution >= 4 is 22.3 Å². The number of hydrogen-bond acceptors (Lipinski definition) is 5. The highest BCUT2D eigenvalue weighted by atomic mass is 16.6. The van der Waals surface area contributed by atoms with E-state index in [2.05, 4.69) is 15.3 Å². The van der Waals surface area contributed by atoms with Gasteiger partial charge in [-0.05, 0) is 11.5 Å². The van der Waals surface area contributed by atoms with Crippen LogP contribution in [-0.4, -0.2) is 21.9 Å². The molecule has 0 unspecified atom stereocenters. The molecular weight excluding hydrogens is 268 g/mol. The summed E-state index contributed by atoms with van der Waals surface area (Å²) in [7, 11) is 1.68. The van der Waals surface area contributed by atoms with Gasteiger partial charge in [-0.3, -0.25) is 15.1 Å². The molecule has 1 aromatic carbocycles. The van der Waals surface area contributed by atoms with Crippen LogP contribution in [0.1, 0.15) is 0 Å². The van der Waals surface area contributed by atoms with Crippen molar-refractivity contribution in [1.29, 1.82) is 0 Å². The van der Waals surface area contributed by atoms with E-state index < -0.39 is 4.92 Å². The minimum Gasteiger partial charge on any atom is -0.373 e. The average Bonchev–Trinajstić information content (AvgIpc) is 2.53. The van der Waals surface area contributed by atoms with Gasteiger partial charge in [-0.2, -0.15) is 0 Å². The Morgan fingerprint density at radius 2 is 2.10 bits per heavy atom. The number of rotatable bonds is 3. The number of anilines is 1. The normalized spacial score (nSPS) is 10.5. The van der Waals surface area contributed by atoms with Crippen LogP contribution in [0, 0.1) is 10.1 Å². The number of nitrogens with one attached hydrogen (secondary N) is 1. The molecule has 0 saturated carbocycles. The summed E-state index contributed by atoms with van der Waals surface area (Å²) in [6.07, 6.45) is 3.46. The highest BCUT2D eigenvalue weighted by molar-refractivity contribution is 5.95. The Morgan fingerprint density at radius 1 is 1.24 bits per heavy atom. The second-order valence-electron chi connectivity index (χ2n) is 4.51. The van der Waals surface area contributed by atoms with Gasteiger partial charge in [0.1, 0.15) is 5.82 Å². The first kappa shape index (κ1) is 13.0. The molecule has 0 radical (unpaired) electrons. The zero-order chi connectivity index (χ0) is 14.8. The lowest BCUT2D eigenvalue weighted by atomic mass is 10.0. The topological polar surface area (TPSA) is 81.0 Å². The summed E-state index contributed by atoms with van der Waals surface area (Å²) in [5.41, 5.74) is 1.41. The van der Waals surface area contributed by atoms with Gasteiger partial charge in [0.2, 0.25) is 0 Å². The standard InChI is InChI=1S/C15H12N4O2/c1-16-15-8-11(19(20)21)7-14(18-15)13-4-2-3-10-9-17-6-5-12(10)13/h2-9H,1H3,(H,16,18).